The largest absolute Gasteiger partial charge is 0.508 e. The van der Waals surface area contributed by atoms with E-state index in [2.05, 4.69) is 5.32 Å². The van der Waals surface area contributed by atoms with Gasteiger partial charge in [0.15, 0.2) is 0 Å². The second-order valence-corrected chi connectivity index (χ2v) is 4.16. The molecule has 21 heavy (non-hydrogen) atoms. The molecule has 0 saturated carbocycles. The van der Waals surface area contributed by atoms with Gasteiger partial charge in [-0.1, -0.05) is 0 Å². The lowest BCUT2D eigenvalue weighted by Crippen LogP contribution is -2.30. The number of phenolic OH excluding ortho intramolecular Hbond substituents is 1. The first-order valence-corrected chi connectivity index (χ1v) is 6.17. The van der Waals surface area contributed by atoms with Crippen molar-refractivity contribution in [3.8, 4) is 11.8 Å². The van der Waals surface area contributed by atoms with Gasteiger partial charge in [-0.15, -0.1) is 0 Å². The number of benzene rings is 1. The molecule has 0 saturated heterocycles. The van der Waals surface area contributed by atoms with Crippen LogP contribution in [0.1, 0.15) is 6.92 Å². The summed E-state index contributed by atoms with van der Waals surface area (Å²) in [6.45, 7) is 1.75. The van der Waals surface area contributed by atoms with Crippen LogP contribution in [0.15, 0.2) is 36.0 Å². The number of hydrogen-bond acceptors (Lipinski definition) is 5. The summed E-state index contributed by atoms with van der Waals surface area (Å²) >= 11 is 0. The van der Waals surface area contributed by atoms with E-state index < -0.39 is 5.91 Å². The zero-order valence-corrected chi connectivity index (χ0v) is 11.5. The van der Waals surface area contributed by atoms with Gasteiger partial charge in [0.1, 0.15) is 17.4 Å². The molecule has 0 heterocycles. The molecular weight excluding hydrogens is 272 g/mol. The molecule has 0 spiro atoms. The third kappa shape index (κ3) is 4.97. The molecule has 0 fully saturated rings. The maximum atomic E-state index is 12.0. The van der Waals surface area contributed by atoms with Crippen LogP contribution >= 0.6 is 0 Å². The first-order valence-electron chi connectivity index (χ1n) is 6.17. The number of hydrogen-bond donors (Lipinski definition) is 3. The summed E-state index contributed by atoms with van der Waals surface area (Å²) < 4.78 is 0. The number of phenols is 1. The average Bonchev–Trinajstić information content (AvgIpc) is 2.45. The van der Waals surface area contributed by atoms with Crippen LogP contribution in [-0.4, -0.2) is 34.9 Å². The summed E-state index contributed by atoms with van der Waals surface area (Å²) in [5.41, 5.74) is 5.58. The van der Waals surface area contributed by atoms with Crippen molar-refractivity contribution in [2.24, 2.45) is 5.73 Å². The van der Waals surface area contributed by atoms with Gasteiger partial charge in [0.2, 0.25) is 5.91 Å². The molecule has 1 aromatic carbocycles. The van der Waals surface area contributed by atoms with Crippen LogP contribution in [0.25, 0.3) is 0 Å². The minimum absolute atomic E-state index is 0.0646. The Kier molecular flexibility index (Phi) is 5.92. The number of aromatic hydroxyl groups is 1. The zero-order valence-electron chi connectivity index (χ0n) is 11.5. The van der Waals surface area contributed by atoms with Gasteiger partial charge in [0.25, 0.3) is 5.91 Å². The number of anilines is 1. The summed E-state index contributed by atoms with van der Waals surface area (Å²) in [4.78, 5) is 24.5. The first kappa shape index (κ1) is 16.2. The van der Waals surface area contributed by atoms with Crippen molar-refractivity contribution in [2.75, 3.05) is 18.4 Å². The second-order valence-electron chi connectivity index (χ2n) is 4.16. The molecule has 0 radical (unpaired) electrons. The molecule has 0 bridgehead atoms. The van der Waals surface area contributed by atoms with Crippen molar-refractivity contribution in [2.45, 2.75) is 6.92 Å². The molecule has 4 N–H and O–H groups in total. The van der Waals surface area contributed by atoms with Gasteiger partial charge in [0, 0.05) is 31.9 Å². The number of amides is 2. The van der Waals surface area contributed by atoms with Crippen molar-refractivity contribution in [1.29, 1.82) is 5.26 Å². The number of nitrogens with one attached hydrogen (secondary N) is 1. The summed E-state index contributed by atoms with van der Waals surface area (Å²) in [5, 5.41) is 20.7. The Morgan fingerprint density at radius 1 is 1.43 bits per heavy atom. The van der Waals surface area contributed by atoms with Gasteiger partial charge in [-0.3, -0.25) is 9.59 Å². The van der Waals surface area contributed by atoms with E-state index in [-0.39, 0.29) is 30.3 Å². The van der Waals surface area contributed by atoms with Gasteiger partial charge in [-0.25, -0.2) is 0 Å². The molecule has 0 aromatic heterocycles. The highest BCUT2D eigenvalue weighted by atomic mass is 16.3. The lowest BCUT2D eigenvalue weighted by atomic mass is 10.2. The topological polar surface area (TPSA) is 119 Å². The maximum absolute atomic E-state index is 12.0. The van der Waals surface area contributed by atoms with E-state index in [0.29, 0.717) is 5.69 Å². The molecule has 1 aromatic rings. The quantitative estimate of drug-likeness (QED) is 0.415. The third-order valence-electron chi connectivity index (χ3n) is 2.55. The SMILES string of the molecule is CC(=O)N(/C=C(/C#N)C(=O)Nc1ccc(O)cc1)CCN. The first-order chi connectivity index (χ1) is 9.97. The molecule has 7 nitrogen and oxygen atoms in total. The molecule has 0 atom stereocenters. The molecular formula is C14H16N4O3. The smallest absolute Gasteiger partial charge is 0.267 e. The molecule has 2 amide bonds. The standard InChI is InChI=1S/C14H16N4O3/c1-10(19)18(7-6-15)9-11(8-16)14(21)17-12-2-4-13(20)5-3-12/h2-5,9,20H,6-7,15H2,1H3,(H,17,21)/b11-9-. The van der Waals surface area contributed by atoms with E-state index in [1.165, 1.54) is 42.3 Å². The van der Waals surface area contributed by atoms with Gasteiger partial charge >= 0.3 is 0 Å². The van der Waals surface area contributed by atoms with E-state index in [4.69, 9.17) is 16.1 Å². The van der Waals surface area contributed by atoms with Crippen molar-refractivity contribution in [1.82, 2.24) is 4.90 Å². The highest BCUT2D eigenvalue weighted by Crippen LogP contribution is 2.14. The minimum Gasteiger partial charge on any atom is -0.508 e. The summed E-state index contributed by atoms with van der Waals surface area (Å²) in [7, 11) is 0. The molecule has 0 aliphatic heterocycles. The van der Waals surface area contributed by atoms with Crippen molar-refractivity contribution < 1.29 is 14.7 Å². The minimum atomic E-state index is -0.647. The van der Waals surface area contributed by atoms with Crippen molar-refractivity contribution in [3.05, 3.63) is 36.0 Å². The van der Waals surface area contributed by atoms with Crippen LogP contribution in [0.2, 0.25) is 0 Å². The Balaban J connectivity index is 2.88. The normalized spacial score (nSPS) is 10.6. The Bertz CT molecular complexity index is 587. The van der Waals surface area contributed by atoms with Crippen LogP contribution in [0.4, 0.5) is 5.69 Å². The zero-order chi connectivity index (χ0) is 15.8. The summed E-state index contributed by atoms with van der Waals surface area (Å²) in [6, 6.07) is 7.53. The Hall–Kier alpha value is -2.85. The Labute approximate surface area is 122 Å². The van der Waals surface area contributed by atoms with Crippen molar-refractivity contribution >= 4 is 17.5 Å². The fraction of sp³-hybridized carbons (Fsp3) is 0.214. The number of carbonyl (C=O) groups excluding carboxylic acids is 2. The van der Waals surface area contributed by atoms with Gasteiger partial charge < -0.3 is 21.1 Å². The van der Waals surface area contributed by atoms with Gasteiger partial charge in [0.05, 0.1) is 0 Å². The average molecular weight is 288 g/mol. The highest BCUT2D eigenvalue weighted by molar-refractivity contribution is 6.06. The van der Waals surface area contributed by atoms with Crippen LogP contribution in [0, 0.1) is 11.3 Å². The molecule has 7 heteroatoms. The fourth-order valence-electron chi connectivity index (χ4n) is 1.49. The van der Waals surface area contributed by atoms with E-state index in [1.807, 2.05) is 0 Å². The van der Waals surface area contributed by atoms with E-state index >= 15 is 0 Å². The van der Waals surface area contributed by atoms with Crippen LogP contribution < -0.4 is 11.1 Å². The highest BCUT2D eigenvalue weighted by Gasteiger charge is 2.13. The van der Waals surface area contributed by atoms with Crippen LogP contribution in [0.3, 0.4) is 0 Å². The number of nitrogens with zero attached hydrogens (tertiary/aromatic N) is 2. The van der Waals surface area contributed by atoms with E-state index in [0.717, 1.165) is 0 Å². The molecule has 0 unspecified atom stereocenters. The molecule has 0 aliphatic rings. The van der Waals surface area contributed by atoms with E-state index in [1.54, 1.807) is 6.07 Å². The van der Waals surface area contributed by atoms with Crippen LogP contribution in [0.5, 0.6) is 5.75 Å². The predicted molar refractivity (Wildman–Crippen MR) is 76.9 cm³/mol. The van der Waals surface area contributed by atoms with Crippen molar-refractivity contribution in [3.63, 3.8) is 0 Å². The monoisotopic (exact) mass is 288 g/mol. The Morgan fingerprint density at radius 3 is 2.52 bits per heavy atom. The number of nitriles is 1. The molecule has 1 rings (SSSR count). The number of carbonyl (C=O) groups is 2. The van der Waals surface area contributed by atoms with Crippen LogP contribution in [-0.2, 0) is 9.59 Å². The third-order valence-corrected chi connectivity index (χ3v) is 2.55. The second kappa shape index (κ2) is 7.67. The predicted octanol–water partition coefficient (Wildman–Crippen LogP) is 0.545. The lowest BCUT2D eigenvalue weighted by Gasteiger charge is -2.15. The van der Waals surface area contributed by atoms with Gasteiger partial charge in [-0.05, 0) is 24.3 Å². The fourth-order valence-corrected chi connectivity index (χ4v) is 1.49. The van der Waals surface area contributed by atoms with E-state index in [9.17, 15) is 9.59 Å². The summed E-state index contributed by atoms with van der Waals surface area (Å²) in [6.07, 6.45) is 1.17. The van der Waals surface area contributed by atoms with Gasteiger partial charge in [-0.2, -0.15) is 5.26 Å². The summed E-state index contributed by atoms with van der Waals surface area (Å²) in [5.74, 6) is -0.896. The molecule has 0 aliphatic carbocycles. The lowest BCUT2D eigenvalue weighted by molar-refractivity contribution is -0.126. The number of nitrogens with two attached hydrogens (primary N) is 1. The maximum Gasteiger partial charge on any atom is 0.267 e. The molecule has 110 valence electrons. The Morgan fingerprint density at radius 2 is 2.05 bits per heavy atom. The number of rotatable bonds is 5.